The van der Waals surface area contributed by atoms with Crippen molar-refractivity contribution in [3.63, 3.8) is 0 Å². The predicted octanol–water partition coefficient (Wildman–Crippen LogP) is 2.88. The molecule has 1 aliphatic carbocycles. The Morgan fingerprint density at radius 1 is 1.64 bits per heavy atom. The van der Waals surface area contributed by atoms with Gasteiger partial charge in [0.15, 0.2) is 0 Å². The number of carbonyl (C=O) groups excluding carboxylic acids is 1. The first-order chi connectivity index (χ1) is 6.65. The average Bonchev–Trinajstić information content (AvgIpc) is 2.49. The summed E-state index contributed by atoms with van der Waals surface area (Å²) >= 11 is 3.84. The van der Waals surface area contributed by atoms with Gasteiger partial charge in [-0.25, -0.2) is 0 Å². The van der Waals surface area contributed by atoms with Crippen molar-refractivity contribution < 1.29 is 4.79 Å². The number of amides is 1. The molecule has 0 bridgehead atoms. The number of hydrogen-bond acceptors (Lipinski definition) is 2. The van der Waals surface area contributed by atoms with Crippen molar-refractivity contribution in [3.05, 3.63) is 19.9 Å². The van der Waals surface area contributed by atoms with Crippen molar-refractivity contribution in [2.75, 3.05) is 0 Å². The zero-order chi connectivity index (χ0) is 10.1. The van der Waals surface area contributed by atoms with Crippen LogP contribution in [0.15, 0.2) is 11.4 Å². The van der Waals surface area contributed by atoms with Crippen molar-refractivity contribution in [2.24, 2.45) is 5.92 Å². The Bertz CT molecular complexity index is 344. The molecule has 0 aliphatic heterocycles. The number of rotatable bonds is 2. The van der Waals surface area contributed by atoms with Gasteiger partial charge in [-0.2, -0.15) is 0 Å². The fourth-order valence-corrected chi connectivity index (χ4v) is 3.04. The monoisotopic (exact) mass is 321 g/mol. The Kier molecular flexibility index (Phi) is 3.11. The SMILES string of the molecule is CC1CC(NC(=O)c2csc(I)c2)C1. The molecule has 0 aromatic carbocycles. The Hall–Kier alpha value is -0.100. The summed E-state index contributed by atoms with van der Waals surface area (Å²) in [6, 6.07) is 2.35. The van der Waals surface area contributed by atoms with Crippen LogP contribution in [0.2, 0.25) is 0 Å². The summed E-state index contributed by atoms with van der Waals surface area (Å²) in [5, 5.41) is 4.96. The maximum Gasteiger partial charge on any atom is 0.252 e. The van der Waals surface area contributed by atoms with Gasteiger partial charge in [0.25, 0.3) is 5.91 Å². The van der Waals surface area contributed by atoms with Crippen molar-refractivity contribution in [2.45, 2.75) is 25.8 Å². The molecule has 14 heavy (non-hydrogen) atoms. The molecule has 2 nitrogen and oxygen atoms in total. The van der Waals surface area contributed by atoms with E-state index < -0.39 is 0 Å². The molecule has 1 heterocycles. The quantitative estimate of drug-likeness (QED) is 0.834. The second-order valence-electron chi connectivity index (χ2n) is 3.89. The summed E-state index contributed by atoms with van der Waals surface area (Å²) in [4.78, 5) is 11.7. The molecule has 76 valence electrons. The molecule has 1 aliphatic rings. The Balaban J connectivity index is 1.90. The molecule has 0 spiro atoms. The molecule has 1 saturated carbocycles. The lowest BCUT2D eigenvalue weighted by Gasteiger charge is -2.33. The van der Waals surface area contributed by atoms with Crippen LogP contribution in [0.1, 0.15) is 30.1 Å². The molecular formula is C10H12INOS. The van der Waals surface area contributed by atoms with Gasteiger partial charge in [-0.3, -0.25) is 4.79 Å². The third-order valence-electron chi connectivity index (χ3n) is 2.54. The summed E-state index contributed by atoms with van der Waals surface area (Å²) in [6.07, 6.45) is 2.26. The molecule has 4 heteroatoms. The van der Waals surface area contributed by atoms with Gasteiger partial charge in [-0.15, -0.1) is 11.3 Å². The predicted molar refractivity (Wildman–Crippen MR) is 66.7 cm³/mol. The third-order valence-corrected chi connectivity index (χ3v) is 4.33. The lowest BCUT2D eigenvalue weighted by Crippen LogP contribution is -2.43. The smallest absolute Gasteiger partial charge is 0.252 e. The van der Waals surface area contributed by atoms with E-state index in [1.165, 1.54) is 0 Å². The number of hydrogen-bond donors (Lipinski definition) is 1. The maximum absolute atomic E-state index is 11.7. The Morgan fingerprint density at radius 3 is 2.86 bits per heavy atom. The summed E-state index contributed by atoms with van der Waals surface area (Å²) < 4.78 is 1.16. The van der Waals surface area contributed by atoms with Crippen LogP contribution in [0.5, 0.6) is 0 Å². The van der Waals surface area contributed by atoms with E-state index in [4.69, 9.17) is 0 Å². The first kappa shape index (κ1) is 10.4. The summed E-state index contributed by atoms with van der Waals surface area (Å²) in [6.45, 7) is 2.22. The fraction of sp³-hybridized carbons (Fsp3) is 0.500. The van der Waals surface area contributed by atoms with Crippen LogP contribution in [0.4, 0.5) is 0 Å². The van der Waals surface area contributed by atoms with Crippen molar-refractivity contribution in [1.29, 1.82) is 0 Å². The third kappa shape index (κ3) is 2.28. The zero-order valence-corrected chi connectivity index (χ0v) is 10.9. The van der Waals surface area contributed by atoms with E-state index in [1.54, 1.807) is 11.3 Å². The summed E-state index contributed by atoms with van der Waals surface area (Å²) in [5.74, 6) is 0.865. The van der Waals surface area contributed by atoms with Gasteiger partial charge in [-0.1, -0.05) is 6.92 Å². The number of nitrogens with one attached hydrogen (secondary N) is 1. The van der Waals surface area contributed by atoms with Gasteiger partial charge < -0.3 is 5.32 Å². The highest BCUT2D eigenvalue weighted by atomic mass is 127. The molecule has 0 unspecified atom stereocenters. The van der Waals surface area contributed by atoms with Crippen molar-refractivity contribution in [3.8, 4) is 0 Å². The van der Waals surface area contributed by atoms with Gasteiger partial charge in [0.05, 0.1) is 8.45 Å². The molecule has 1 fully saturated rings. The molecule has 1 N–H and O–H groups in total. The highest BCUT2D eigenvalue weighted by Gasteiger charge is 2.26. The lowest BCUT2D eigenvalue weighted by atomic mass is 9.82. The van der Waals surface area contributed by atoms with Gasteiger partial charge >= 0.3 is 0 Å². The Labute approximate surface area is 101 Å². The molecule has 0 atom stereocenters. The van der Waals surface area contributed by atoms with Gasteiger partial charge in [0.2, 0.25) is 0 Å². The average molecular weight is 321 g/mol. The van der Waals surface area contributed by atoms with Gasteiger partial charge in [0.1, 0.15) is 0 Å². The molecule has 0 radical (unpaired) electrons. The van der Waals surface area contributed by atoms with Crippen LogP contribution >= 0.6 is 33.9 Å². The zero-order valence-electron chi connectivity index (χ0n) is 7.92. The minimum absolute atomic E-state index is 0.0843. The van der Waals surface area contributed by atoms with Crippen LogP contribution in [0.3, 0.4) is 0 Å². The number of thiophene rings is 1. The van der Waals surface area contributed by atoms with E-state index in [-0.39, 0.29) is 5.91 Å². The maximum atomic E-state index is 11.7. The van der Waals surface area contributed by atoms with E-state index in [9.17, 15) is 4.79 Å². The minimum atomic E-state index is 0.0843. The summed E-state index contributed by atoms with van der Waals surface area (Å²) in [7, 11) is 0. The van der Waals surface area contributed by atoms with E-state index in [0.717, 1.165) is 27.2 Å². The molecular weight excluding hydrogens is 309 g/mol. The van der Waals surface area contributed by atoms with Crippen LogP contribution in [-0.4, -0.2) is 11.9 Å². The first-order valence-electron chi connectivity index (χ1n) is 4.70. The minimum Gasteiger partial charge on any atom is -0.349 e. The van der Waals surface area contributed by atoms with E-state index in [2.05, 4.69) is 34.8 Å². The molecule has 1 aromatic rings. The fourth-order valence-electron chi connectivity index (χ4n) is 1.72. The van der Waals surface area contributed by atoms with Gasteiger partial charge in [-0.05, 0) is 47.4 Å². The second kappa shape index (κ2) is 4.18. The summed E-state index contributed by atoms with van der Waals surface area (Å²) in [5.41, 5.74) is 0.805. The second-order valence-corrected chi connectivity index (χ2v) is 6.69. The van der Waals surface area contributed by atoms with E-state index in [0.29, 0.717) is 6.04 Å². The highest BCUT2D eigenvalue weighted by Crippen LogP contribution is 2.26. The van der Waals surface area contributed by atoms with E-state index in [1.807, 2.05) is 11.4 Å². The van der Waals surface area contributed by atoms with Crippen LogP contribution in [0, 0.1) is 8.80 Å². The van der Waals surface area contributed by atoms with Crippen molar-refractivity contribution >= 4 is 39.8 Å². The standard InChI is InChI=1S/C10H12INOS/c1-6-2-8(3-6)12-10(13)7-4-9(11)14-5-7/h4-6,8H,2-3H2,1H3,(H,12,13). The van der Waals surface area contributed by atoms with Crippen LogP contribution in [0.25, 0.3) is 0 Å². The van der Waals surface area contributed by atoms with E-state index >= 15 is 0 Å². The Morgan fingerprint density at radius 2 is 2.36 bits per heavy atom. The number of halogens is 1. The molecule has 0 saturated heterocycles. The highest BCUT2D eigenvalue weighted by molar-refractivity contribution is 14.1. The van der Waals surface area contributed by atoms with Gasteiger partial charge in [0, 0.05) is 11.4 Å². The normalized spacial score (nSPS) is 25.6. The first-order valence-corrected chi connectivity index (χ1v) is 6.66. The lowest BCUT2D eigenvalue weighted by molar-refractivity contribution is 0.0896. The van der Waals surface area contributed by atoms with Crippen LogP contribution in [-0.2, 0) is 0 Å². The number of carbonyl (C=O) groups is 1. The largest absolute Gasteiger partial charge is 0.349 e. The topological polar surface area (TPSA) is 29.1 Å². The molecule has 2 rings (SSSR count). The molecule has 1 amide bonds. The molecule has 1 aromatic heterocycles. The van der Waals surface area contributed by atoms with Crippen molar-refractivity contribution in [1.82, 2.24) is 5.32 Å². The van der Waals surface area contributed by atoms with Crippen LogP contribution < -0.4 is 5.32 Å².